The van der Waals surface area contributed by atoms with Crippen molar-refractivity contribution in [3.63, 3.8) is 0 Å². The summed E-state index contributed by atoms with van der Waals surface area (Å²) >= 11 is 1.88. The second kappa shape index (κ2) is 6.47. The maximum absolute atomic E-state index is 11.8. The summed E-state index contributed by atoms with van der Waals surface area (Å²) in [6, 6.07) is 0.454. The van der Waals surface area contributed by atoms with Crippen molar-refractivity contribution in [2.75, 3.05) is 18.8 Å². The maximum Gasteiger partial charge on any atom is 0.318 e. The van der Waals surface area contributed by atoms with Gasteiger partial charge in [0.1, 0.15) is 0 Å². The zero-order valence-electron chi connectivity index (χ0n) is 10.9. The number of hydrogen-bond donors (Lipinski definition) is 3. The Labute approximate surface area is 117 Å². The van der Waals surface area contributed by atoms with Crippen LogP contribution in [0.1, 0.15) is 25.7 Å². The molecular formula is C12H21N3O3S. The first-order chi connectivity index (χ1) is 9.13. The largest absolute Gasteiger partial charge is 0.481 e. The Morgan fingerprint density at radius 3 is 3.00 bits per heavy atom. The highest BCUT2D eigenvalue weighted by Crippen LogP contribution is 2.36. The van der Waals surface area contributed by atoms with Crippen LogP contribution in [0.5, 0.6) is 0 Å². The minimum absolute atomic E-state index is 0.00344. The predicted octanol–water partition coefficient (Wildman–Crippen LogP) is 0.468. The quantitative estimate of drug-likeness (QED) is 0.467. The molecule has 2 saturated heterocycles. The molecule has 19 heavy (non-hydrogen) atoms. The number of fused-ring (bicyclic) bond motifs is 1. The highest BCUT2D eigenvalue weighted by atomic mass is 32.2. The zero-order chi connectivity index (χ0) is 13.8. The molecule has 108 valence electrons. The summed E-state index contributed by atoms with van der Waals surface area (Å²) in [7, 11) is 0. The Balaban J connectivity index is 1.79. The van der Waals surface area contributed by atoms with E-state index in [1.54, 1.807) is 0 Å². The molecule has 0 aliphatic carbocycles. The van der Waals surface area contributed by atoms with Crippen LogP contribution in [0.25, 0.3) is 0 Å². The molecule has 0 unspecified atom stereocenters. The second-order valence-electron chi connectivity index (χ2n) is 5.04. The lowest BCUT2D eigenvalue weighted by molar-refractivity contribution is -0.137. The van der Waals surface area contributed by atoms with Gasteiger partial charge < -0.3 is 21.1 Å². The fourth-order valence-electron chi connectivity index (χ4n) is 2.82. The van der Waals surface area contributed by atoms with E-state index in [4.69, 9.17) is 10.8 Å². The van der Waals surface area contributed by atoms with Crippen LogP contribution in [0.2, 0.25) is 0 Å². The molecule has 2 amide bonds. The molecule has 2 heterocycles. The highest BCUT2D eigenvalue weighted by molar-refractivity contribution is 8.00. The van der Waals surface area contributed by atoms with Crippen LogP contribution in [-0.4, -0.2) is 58.2 Å². The summed E-state index contributed by atoms with van der Waals surface area (Å²) in [6.45, 7) is 1.10. The Hall–Kier alpha value is -0.950. The number of nitrogens with one attached hydrogen (secondary N) is 1. The summed E-state index contributed by atoms with van der Waals surface area (Å²) in [4.78, 5) is 24.1. The molecule has 0 radical (unpaired) electrons. The van der Waals surface area contributed by atoms with Crippen molar-refractivity contribution < 1.29 is 14.7 Å². The first-order valence-corrected chi connectivity index (χ1v) is 7.79. The number of thioether (sulfide) groups is 1. The molecule has 0 spiro atoms. The summed E-state index contributed by atoms with van der Waals surface area (Å²) in [5, 5.41) is 12.1. The first kappa shape index (κ1) is 14.5. The van der Waals surface area contributed by atoms with Crippen molar-refractivity contribution in [1.82, 2.24) is 10.2 Å². The molecule has 6 nitrogen and oxygen atoms in total. The number of carbonyl (C=O) groups is 2. The lowest BCUT2D eigenvalue weighted by atomic mass is 10.0. The summed E-state index contributed by atoms with van der Waals surface area (Å²) in [5.74, 6) is 0.216. The number of unbranched alkanes of at least 4 members (excludes halogenated alkanes) is 1. The van der Waals surface area contributed by atoms with Crippen LogP contribution >= 0.6 is 11.8 Å². The summed E-state index contributed by atoms with van der Waals surface area (Å²) in [5.41, 5.74) is 5.53. The number of rotatable bonds is 7. The molecule has 4 N–H and O–H groups in total. The van der Waals surface area contributed by atoms with Gasteiger partial charge in [-0.05, 0) is 12.8 Å². The van der Waals surface area contributed by atoms with Crippen molar-refractivity contribution in [3.05, 3.63) is 0 Å². The smallest absolute Gasteiger partial charge is 0.318 e. The number of nitrogens with zero attached hydrogens (tertiary/aromatic N) is 1. The minimum Gasteiger partial charge on any atom is -0.481 e. The summed E-state index contributed by atoms with van der Waals surface area (Å²) in [6.07, 6.45) is 2.82. The second-order valence-corrected chi connectivity index (χ2v) is 6.31. The van der Waals surface area contributed by atoms with Gasteiger partial charge in [-0.1, -0.05) is 6.42 Å². The molecule has 2 rings (SSSR count). The van der Waals surface area contributed by atoms with Crippen LogP contribution in [0.3, 0.4) is 0 Å². The highest BCUT2D eigenvalue weighted by Gasteiger charge is 2.47. The van der Waals surface area contributed by atoms with Crippen LogP contribution in [0.4, 0.5) is 4.79 Å². The third kappa shape index (κ3) is 3.33. The van der Waals surface area contributed by atoms with E-state index in [2.05, 4.69) is 5.32 Å². The standard InChI is InChI=1S/C12H21N3O3S/c13-5-6-15-8-7-19-9(11(8)14-12(15)18)3-1-2-4-10(16)17/h8-9,11H,1-7,13H2,(H,14,18)(H,16,17)/t8-,9-,11-/m0/s1. The molecule has 2 aliphatic rings. The lowest BCUT2D eigenvalue weighted by Crippen LogP contribution is -2.40. The third-order valence-electron chi connectivity index (χ3n) is 3.75. The Bertz CT molecular complexity index is 353. The van der Waals surface area contributed by atoms with E-state index in [1.165, 1.54) is 0 Å². The fourth-order valence-corrected chi connectivity index (χ4v) is 4.44. The van der Waals surface area contributed by atoms with Crippen LogP contribution in [-0.2, 0) is 4.79 Å². The monoisotopic (exact) mass is 287 g/mol. The van der Waals surface area contributed by atoms with Crippen LogP contribution < -0.4 is 11.1 Å². The predicted molar refractivity (Wildman–Crippen MR) is 74.2 cm³/mol. The van der Waals surface area contributed by atoms with E-state index in [-0.39, 0.29) is 24.5 Å². The number of carboxylic acids is 1. The van der Waals surface area contributed by atoms with Gasteiger partial charge in [0.05, 0.1) is 12.1 Å². The lowest BCUT2D eigenvalue weighted by Gasteiger charge is -2.20. The molecule has 0 aromatic heterocycles. The van der Waals surface area contributed by atoms with Gasteiger partial charge in [0.2, 0.25) is 0 Å². The van der Waals surface area contributed by atoms with E-state index < -0.39 is 5.97 Å². The number of carboxylic acid groups (broad SMARTS) is 1. The number of carbonyl (C=O) groups excluding carboxylic acids is 1. The molecule has 0 aromatic rings. The van der Waals surface area contributed by atoms with Crippen molar-refractivity contribution >= 4 is 23.8 Å². The first-order valence-electron chi connectivity index (χ1n) is 6.74. The average molecular weight is 287 g/mol. The van der Waals surface area contributed by atoms with Crippen molar-refractivity contribution in [2.24, 2.45) is 5.73 Å². The number of nitrogens with two attached hydrogens (primary N) is 1. The van der Waals surface area contributed by atoms with E-state index in [9.17, 15) is 9.59 Å². The van der Waals surface area contributed by atoms with Crippen molar-refractivity contribution in [2.45, 2.75) is 43.0 Å². The Morgan fingerprint density at radius 1 is 1.53 bits per heavy atom. The van der Waals surface area contributed by atoms with E-state index in [0.717, 1.165) is 18.6 Å². The SMILES string of the molecule is NCCN1C(=O)N[C@@H]2[C@H](CCCCC(=O)O)SC[C@@H]21. The van der Waals surface area contributed by atoms with Gasteiger partial charge in [-0.3, -0.25) is 4.79 Å². The Kier molecular flexibility index (Phi) is 4.93. The van der Waals surface area contributed by atoms with E-state index >= 15 is 0 Å². The number of urea groups is 1. The van der Waals surface area contributed by atoms with Gasteiger partial charge in [0.25, 0.3) is 0 Å². The normalized spacial score (nSPS) is 29.4. The van der Waals surface area contributed by atoms with Crippen LogP contribution in [0, 0.1) is 0 Å². The van der Waals surface area contributed by atoms with Gasteiger partial charge in [-0.2, -0.15) is 11.8 Å². The van der Waals surface area contributed by atoms with Gasteiger partial charge in [0.15, 0.2) is 0 Å². The number of hydrogen-bond acceptors (Lipinski definition) is 4. The molecule has 2 aliphatic heterocycles. The number of aliphatic carboxylic acids is 1. The Morgan fingerprint density at radius 2 is 2.32 bits per heavy atom. The van der Waals surface area contributed by atoms with Gasteiger partial charge in [-0.25, -0.2) is 4.79 Å². The molecule has 7 heteroatoms. The zero-order valence-corrected chi connectivity index (χ0v) is 11.7. The maximum atomic E-state index is 11.8. The number of amides is 2. The third-order valence-corrected chi connectivity index (χ3v) is 5.24. The van der Waals surface area contributed by atoms with Gasteiger partial charge in [0, 0.05) is 30.5 Å². The van der Waals surface area contributed by atoms with Crippen molar-refractivity contribution in [3.8, 4) is 0 Å². The average Bonchev–Trinajstić information content (AvgIpc) is 2.87. The van der Waals surface area contributed by atoms with E-state index in [0.29, 0.717) is 24.8 Å². The van der Waals surface area contributed by atoms with Gasteiger partial charge >= 0.3 is 12.0 Å². The minimum atomic E-state index is -0.736. The molecule has 0 aromatic carbocycles. The van der Waals surface area contributed by atoms with E-state index in [1.807, 2.05) is 16.7 Å². The molecule has 0 saturated carbocycles. The molecule has 2 fully saturated rings. The summed E-state index contributed by atoms with van der Waals surface area (Å²) < 4.78 is 0. The van der Waals surface area contributed by atoms with Crippen molar-refractivity contribution in [1.29, 1.82) is 0 Å². The van der Waals surface area contributed by atoms with Gasteiger partial charge in [-0.15, -0.1) is 0 Å². The topological polar surface area (TPSA) is 95.7 Å². The molecular weight excluding hydrogens is 266 g/mol. The molecule has 0 bridgehead atoms. The fraction of sp³-hybridized carbons (Fsp3) is 0.833. The molecule has 3 atom stereocenters. The van der Waals surface area contributed by atoms with Crippen LogP contribution in [0.15, 0.2) is 0 Å².